The predicted octanol–water partition coefficient (Wildman–Crippen LogP) is 5.53. The Kier molecular flexibility index (Phi) is 6.77. The molecule has 0 unspecified atom stereocenters. The van der Waals surface area contributed by atoms with E-state index in [9.17, 15) is 13.2 Å². The number of anilines is 1. The number of rotatable bonds is 5. The van der Waals surface area contributed by atoms with Crippen molar-refractivity contribution in [1.29, 1.82) is 0 Å². The van der Waals surface area contributed by atoms with Gasteiger partial charge in [-0.1, -0.05) is 47.5 Å². The van der Waals surface area contributed by atoms with E-state index in [1.165, 1.54) is 4.31 Å². The van der Waals surface area contributed by atoms with E-state index in [1.807, 2.05) is 48.7 Å². The van der Waals surface area contributed by atoms with E-state index < -0.39 is 10.0 Å². The summed E-state index contributed by atoms with van der Waals surface area (Å²) in [6.07, 6.45) is 3.83. The van der Waals surface area contributed by atoms with E-state index in [2.05, 4.69) is 4.57 Å². The smallest absolute Gasteiger partial charge is 0.258 e. The van der Waals surface area contributed by atoms with Gasteiger partial charge >= 0.3 is 0 Å². The first-order chi connectivity index (χ1) is 18.7. The molecular formula is C29H25Cl2N3O4S. The van der Waals surface area contributed by atoms with Crippen molar-refractivity contribution in [2.75, 3.05) is 38.3 Å². The van der Waals surface area contributed by atoms with Gasteiger partial charge in [0.1, 0.15) is 0 Å². The van der Waals surface area contributed by atoms with Crippen LogP contribution in [0.1, 0.15) is 16.7 Å². The highest BCUT2D eigenvalue weighted by molar-refractivity contribution is 7.89. The number of likely N-dealkylation sites (N-methyl/N-ethyl adjacent to an activating group) is 1. The average Bonchev–Trinajstić information content (AvgIpc) is 3.40. The second kappa shape index (κ2) is 10.1. The zero-order chi connectivity index (χ0) is 27.3. The molecule has 200 valence electrons. The van der Waals surface area contributed by atoms with Crippen molar-refractivity contribution in [2.45, 2.75) is 11.4 Å². The third-order valence-corrected chi connectivity index (χ3v) is 9.72. The largest absolute Gasteiger partial charge is 0.379 e. The fourth-order valence-electron chi connectivity index (χ4n) is 5.17. The molecule has 2 aliphatic heterocycles. The highest BCUT2D eigenvalue weighted by Gasteiger charge is 2.33. The van der Waals surface area contributed by atoms with Crippen LogP contribution >= 0.6 is 23.2 Å². The van der Waals surface area contributed by atoms with E-state index in [-0.39, 0.29) is 10.8 Å². The Bertz CT molecular complexity index is 1760. The van der Waals surface area contributed by atoms with Gasteiger partial charge in [0, 0.05) is 70.5 Å². The second-order valence-electron chi connectivity index (χ2n) is 9.58. The van der Waals surface area contributed by atoms with Gasteiger partial charge in [0.15, 0.2) is 0 Å². The summed E-state index contributed by atoms with van der Waals surface area (Å²) in [7, 11) is -2.02. The molecule has 10 heteroatoms. The summed E-state index contributed by atoms with van der Waals surface area (Å²) in [6, 6.07) is 18.3. The fraction of sp³-hybridized carbons (Fsp3) is 0.207. The van der Waals surface area contributed by atoms with E-state index in [1.54, 1.807) is 36.2 Å². The van der Waals surface area contributed by atoms with Crippen LogP contribution in [0.4, 0.5) is 5.69 Å². The quantitative estimate of drug-likeness (QED) is 0.290. The number of carbonyl (C=O) groups excluding carboxylic acids is 1. The molecule has 0 saturated carbocycles. The van der Waals surface area contributed by atoms with Crippen molar-refractivity contribution in [3.63, 3.8) is 0 Å². The molecular weight excluding hydrogens is 557 g/mol. The number of sulfonamides is 1. The third-order valence-electron chi connectivity index (χ3n) is 7.24. The van der Waals surface area contributed by atoms with Gasteiger partial charge < -0.3 is 14.2 Å². The van der Waals surface area contributed by atoms with Crippen LogP contribution in [-0.4, -0.2) is 56.5 Å². The topological polar surface area (TPSA) is 71.9 Å². The molecule has 0 aliphatic carbocycles. The lowest BCUT2D eigenvalue weighted by molar-refractivity contribution is -0.112. The molecule has 3 heterocycles. The van der Waals surface area contributed by atoms with Gasteiger partial charge in [-0.2, -0.15) is 4.31 Å². The van der Waals surface area contributed by atoms with Crippen molar-refractivity contribution < 1.29 is 17.9 Å². The Morgan fingerprint density at radius 2 is 1.77 bits per heavy atom. The Hall–Kier alpha value is -3.14. The van der Waals surface area contributed by atoms with Gasteiger partial charge in [-0.15, -0.1) is 0 Å². The first kappa shape index (κ1) is 26.1. The normalized spacial score (nSPS) is 17.4. The molecule has 0 bridgehead atoms. The number of benzene rings is 3. The monoisotopic (exact) mass is 581 g/mol. The van der Waals surface area contributed by atoms with E-state index >= 15 is 0 Å². The Morgan fingerprint density at radius 3 is 2.54 bits per heavy atom. The van der Waals surface area contributed by atoms with Crippen LogP contribution in [0.15, 0.2) is 71.8 Å². The van der Waals surface area contributed by atoms with Gasteiger partial charge in [0.05, 0.1) is 23.8 Å². The number of ether oxygens (including phenoxy) is 1. The minimum atomic E-state index is -3.72. The molecule has 0 radical (unpaired) electrons. The molecule has 4 aromatic rings. The molecule has 3 aromatic carbocycles. The number of fused-ring (bicyclic) bond motifs is 2. The number of nitrogens with zero attached hydrogens (tertiary/aromatic N) is 3. The number of hydrogen-bond acceptors (Lipinski definition) is 4. The van der Waals surface area contributed by atoms with Crippen molar-refractivity contribution in [1.82, 2.24) is 8.87 Å². The molecule has 1 amide bonds. The maximum atomic E-state index is 13.4. The summed E-state index contributed by atoms with van der Waals surface area (Å²) in [4.78, 5) is 15.1. The van der Waals surface area contributed by atoms with Gasteiger partial charge in [-0.3, -0.25) is 4.79 Å². The first-order valence-corrected chi connectivity index (χ1v) is 14.7. The zero-order valence-electron chi connectivity index (χ0n) is 21.1. The predicted molar refractivity (Wildman–Crippen MR) is 155 cm³/mol. The van der Waals surface area contributed by atoms with Crippen molar-refractivity contribution in [3.8, 4) is 0 Å². The SMILES string of the molecule is CN1C(=O)/C(=C\c2cn(Cc3ccc(Cl)cc3Cl)c3ccccc23)c2cc(S(=O)(=O)N3CCOCC3)ccc21. The third kappa shape index (κ3) is 4.66. The molecule has 2 aliphatic rings. The molecule has 7 nitrogen and oxygen atoms in total. The van der Waals surface area contributed by atoms with E-state index in [0.717, 1.165) is 22.0 Å². The van der Waals surface area contributed by atoms with Gasteiger partial charge in [-0.25, -0.2) is 8.42 Å². The molecule has 6 rings (SSSR count). The zero-order valence-corrected chi connectivity index (χ0v) is 23.4. The van der Waals surface area contributed by atoms with Gasteiger partial charge in [-0.05, 0) is 48.0 Å². The van der Waals surface area contributed by atoms with Crippen LogP contribution in [0.5, 0.6) is 0 Å². The van der Waals surface area contributed by atoms with Crippen molar-refractivity contribution in [3.05, 3.63) is 93.6 Å². The van der Waals surface area contributed by atoms with E-state index in [4.69, 9.17) is 27.9 Å². The standard InChI is InChI=1S/C29H25Cl2N3O4S/c1-32-27-9-8-22(39(36,37)34-10-12-38-13-11-34)16-24(27)25(29(32)35)14-20-18-33(28-5-3-2-4-23(20)28)17-19-6-7-21(30)15-26(19)31/h2-9,14-16,18H,10-13,17H2,1H3/b25-14-. The molecule has 0 spiro atoms. The maximum absolute atomic E-state index is 13.4. The summed E-state index contributed by atoms with van der Waals surface area (Å²) in [6.45, 7) is 1.85. The lowest BCUT2D eigenvalue weighted by Gasteiger charge is -2.26. The number of halogens is 2. The number of para-hydroxylation sites is 1. The van der Waals surface area contributed by atoms with Crippen LogP contribution in [0.25, 0.3) is 22.6 Å². The number of morpholine rings is 1. The first-order valence-electron chi connectivity index (χ1n) is 12.5. The summed E-state index contributed by atoms with van der Waals surface area (Å²) in [5, 5.41) is 2.12. The number of amides is 1. The average molecular weight is 583 g/mol. The minimum absolute atomic E-state index is 0.164. The van der Waals surface area contributed by atoms with Crippen molar-refractivity contribution in [2.24, 2.45) is 0 Å². The molecule has 0 atom stereocenters. The molecule has 39 heavy (non-hydrogen) atoms. The summed E-state index contributed by atoms with van der Waals surface area (Å²) in [5.74, 6) is -0.191. The lowest BCUT2D eigenvalue weighted by Crippen LogP contribution is -2.40. The van der Waals surface area contributed by atoms with Crippen LogP contribution in [-0.2, 0) is 26.1 Å². The van der Waals surface area contributed by atoms with Crippen LogP contribution in [0, 0.1) is 0 Å². The Labute approximate surface area is 236 Å². The van der Waals surface area contributed by atoms with E-state index in [0.29, 0.717) is 59.7 Å². The molecule has 0 N–H and O–H groups in total. The maximum Gasteiger partial charge on any atom is 0.258 e. The Balaban J connectivity index is 1.44. The highest BCUT2D eigenvalue weighted by Crippen LogP contribution is 2.40. The lowest BCUT2D eigenvalue weighted by atomic mass is 10.0. The fourth-order valence-corrected chi connectivity index (χ4v) is 7.08. The summed E-state index contributed by atoms with van der Waals surface area (Å²) >= 11 is 12.5. The van der Waals surface area contributed by atoms with Gasteiger partial charge in [0.25, 0.3) is 5.91 Å². The summed E-state index contributed by atoms with van der Waals surface area (Å²) in [5.41, 5.74) is 4.46. The molecule has 1 fully saturated rings. The van der Waals surface area contributed by atoms with Crippen LogP contribution in [0.3, 0.4) is 0 Å². The highest BCUT2D eigenvalue weighted by atomic mass is 35.5. The number of hydrogen-bond donors (Lipinski definition) is 0. The molecule has 1 saturated heterocycles. The second-order valence-corrected chi connectivity index (χ2v) is 12.4. The Morgan fingerprint density at radius 1 is 1.00 bits per heavy atom. The van der Waals surface area contributed by atoms with Gasteiger partial charge in [0.2, 0.25) is 10.0 Å². The van der Waals surface area contributed by atoms with Crippen molar-refractivity contribution >= 4 is 67.4 Å². The minimum Gasteiger partial charge on any atom is -0.379 e. The number of aromatic nitrogens is 1. The summed E-state index contributed by atoms with van der Waals surface area (Å²) < 4.78 is 35.5. The molecule has 1 aromatic heterocycles. The van der Waals surface area contributed by atoms with Crippen LogP contribution < -0.4 is 4.90 Å². The van der Waals surface area contributed by atoms with Crippen LogP contribution in [0.2, 0.25) is 10.0 Å². The number of carbonyl (C=O) groups is 1.